The third-order valence-corrected chi connectivity index (χ3v) is 3.60. The molecule has 2 nitrogen and oxygen atoms in total. The average molecular weight is 311 g/mol. The lowest BCUT2D eigenvalue weighted by atomic mass is 10.0. The van der Waals surface area contributed by atoms with Crippen molar-refractivity contribution in [2.75, 3.05) is 0 Å². The van der Waals surface area contributed by atoms with Crippen LogP contribution in [0.5, 0.6) is 5.75 Å². The summed E-state index contributed by atoms with van der Waals surface area (Å²) >= 11 is 9.30. The van der Waals surface area contributed by atoms with Crippen LogP contribution < -0.4 is 0 Å². The normalized spacial score (nSPS) is 10.2. The molecule has 4 heteroatoms. The molecule has 0 radical (unpaired) electrons. The van der Waals surface area contributed by atoms with Gasteiger partial charge in [-0.2, -0.15) is 0 Å². The third-order valence-electron chi connectivity index (χ3n) is 2.36. The first-order valence-electron chi connectivity index (χ1n) is 4.91. The van der Waals surface area contributed by atoms with Crippen molar-refractivity contribution in [2.45, 2.75) is 0 Å². The van der Waals surface area contributed by atoms with Crippen molar-refractivity contribution in [2.24, 2.45) is 0 Å². The molecule has 0 aliphatic heterocycles. The van der Waals surface area contributed by atoms with Gasteiger partial charge in [-0.15, -0.1) is 0 Å². The van der Waals surface area contributed by atoms with Gasteiger partial charge in [0.05, 0.1) is 10.7 Å². The van der Waals surface area contributed by atoms with Gasteiger partial charge in [0.15, 0.2) is 0 Å². The van der Waals surface area contributed by atoms with Crippen molar-refractivity contribution in [1.82, 2.24) is 0 Å². The summed E-state index contributed by atoms with van der Waals surface area (Å²) in [4.78, 5) is 0. The smallest absolute Gasteiger partial charge is 0.115 e. The van der Waals surface area contributed by atoms with Crippen LogP contribution in [0.25, 0.3) is 0 Å². The second-order valence-electron chi connectivity index (χ2n) is 3.55. The van der Waals surface area contributed by atoms with Crippen LogP contribution >= 0.6 is 27.5 Å². The van der Waals surface area contributed by atoms with E-state index in [1.165, 1.54) is 0 Å². The highest BCUT2D eigenvalue weighted by atomic mass is 79.9. The molecule has 0 fully saturated rings. The van der Waals surface area contributed by atoms with Gasteiger partial charge in [0.1, 0.15) is 5.75 Å². The quantitative estimate of drug-likeness (QED) is 0.801. The summed E-state index contributed by atoms with van der Waals surface area (Å²) in [6, 6.07) is 11.9. The highest BCUT2D eigenvalue weighted by Gasteiger charge is 2.06. The molecule has 86 valence electrons. The molecule has 17 heavy (non-hydrogen) atoms. The van der Waals surface area contributed by atoms with E-state index in [9.17, 15) is 5.11 Å². The van der Waals surface area contributed by atoms with Crippen LogP contribution in [0.15, 0.2) is 46.9 Å². The minimum atomic E-state index is 0.190. The van der Waals surface area contributed by atoms with Gasteiger partial charge in [-0.25, -0.2) is 0 Å². The largest absolute Gasteiger partial charge is 0.508 e. The maximum atomic E-state index is 9.19. The first-order valence-corrected chi connectivity index (χ1v) is 6.08. The Hall–Kier alpha value is -1.32. The molecule has 2 aromatic carbocycles. The Balaban J connectivity index is 2.37. The topological polar surface area (TPSA) is 44.1 Å². The third kappa shape index (κ3) is 2.68. The van der Waals surface area contributed by atoms with Gasteiger partial charge in [-0.3, -0.25) is 5.41 Å². The molecule has 0 saturated heterocycles. The molecule has 2 N–H and O–H groups in total. The van der Waals surface area contributed by atoms with Crippen LogP contribution in [0.1, 0.15) is 11.1 Å². The lowest BCUT2D eigenvalue weighted by molar-refractivity contribution is 0.475. The first kappa shape index (κ1) is 12.1. The van der Waals surface area contributed by atoms with E-state index in [1.807, 2.05) is 12.1 Å². The van der Waals surface area contributed by atoms with Crippen LogP contribution in [0.3, 0.4) is 0 Å². The van der Waals surface area contributed by atoms with Crippen molar-refractivity contribution in [3.8, 4) is 5.75 Å². The van der Waals surface area contributed by atoms with Crippen molar-refractivity contribution in [1.29, 1.82) is 5.41 Å². The monoisotopic (exact) mass is 309 g/mol. The number of hydrogen-bond donors (Lipinski definition) is 2. The zero-order valence-electron chi connectivity index (χ0n) is 8.74. The SMILES string of the molecule is N=C(c1ccc(O)cc1)c1ccc(Br)c(Cl)c1. The van der Waals surface area contributed by atoms with E-state index in [1.54, 1.807) is 30.3 Å². The Bertz CT molecular complexity index is 566. The number of nitrogens with one attached hydrogen (secondary N) is 1. The summed E-state index contributed by atoms with van der Waals surface area (Å²) in [6.07, 6.45) is 0. The summed E-state index contributed by atoms with van der Waals surface area (Å²) in [5.74, 6) is 0.190. The summed E-state index contributed by atoms with van der Waals surface area (Å²) in [5, 5.41) is 17.8. The minimum absolute atomic E-state index is 0.190. The fourth-order valence-electron chi connectivity index (χ4n) is 1.45. The van der Waals surface area contributed by atoms with E-state index in [0.29, 0.717) is 10.7 Å². The van der Waals surface area contributed by atoms with Gasteiger partial charge in [0.25, 0.3) is 0 Å². The van der Waals surface area contributed by atoms with Gasteiger partial charge in [0, 0.05) is 15.6 Å². The van der Waals surface area contributed by atoms with Crippen LogP contribution in [0.4, 0.5) is 0 Å². The summed E-state index contributed by atoms with van der Waals surface area (Å²) in [5.41, 5.74) is 1.85. The molecule has 0 aliphatic rings. The Morgan fingerprint density at radius 2 is 1.65 bits per heavy atom. The molecule has 0 aromatic heterocycles. The molecule has 2 aromatic rings. The lowest BCUT2D eigenvalue weighted by Crippen LogP contribution is -2.00. The lowest BCUT2D eigenvalue weighted by Gasteiger charge is -2.06. The number of benzene rings is 2. The van der Waals surface area contributed by atoms with E-state index >= 15 is 0 Å². The fraction of sp³-hybridized carbons (Fsp3) is 0. The second kappa shape index (κ2) is 4.90. The summed E-state index contributed by atoms with van der Waals surface area (Å²) in [7, 11) is 0. The Morgan fingerprint density at radius 3 is 2.24 bits per heavy atom. The number of hydrogen-bond acceptors (Lipinski definition) is 2. The highest BCUT2D eigenvalue weighted by molar-refractivity contribution is 9.10. The van der Waals surface area contributed by atoms with E-state index in [0.717, 1.165) is 15.6 Å². The zero-order valence-corrected chi connectivity index (χ0v) is 11.1. The van der Waals surface area contributed by atoms with Gasteiger partial charge >= 0.3 is 0 Å². The molecule has 0 amide bonds. The molecule has 2 rings (SSSR count). The molecule has 0 atom stereocenters. The van der Waals surface area contributed by atoms with Gasteiger partial charge in [-0.05, 0) is 52.3 Å². The Labute approximate surface area is 113 Å². The van der Waals surface area contributed by atoms with Crippen molar-refractivity contribution < 1.29 is 5.11 Å². The number of halogens is 2. The molecule has 0 heterocycles. The van der Waals surface area contributed by atoms with E-state index in [4.69, 9.17) is 17.0 Å². The maximum absolute atomic E-state index is 9.19. The van der Waals surface area contributed by atoms with Crippen LogP contribution in [-0.4, -0.2) is 10.8 Å². The van der Waals surface area contributed by atoms with Crippen molar-refractivity contribution >= 4 is 33.2 Å². The predicted octanol–water partition coefficient (Wildman–Crippen LogP) is 4.22. The molecular weight excluding hydrogens is 302 g/mol. The van der Waals surface area contributed by atoms with Crippen LogP contribution in [-0.2, 0) is 0 Å². The number of phenols is 1. The standard InChI is InChI=1S/C13H9BrClNO/c14-11-6-3-9(7-12(11)15)13(16)8-1-4-10(17)5-2-8/h1-7,16-17H. The highest BCUT2D eigenvalue weighted by Crippen LogP contribution is 2.24. The number of rotatable bonds is 2. The first-order chi connectivity index (χ1) is 8.08. The van der Waals surface area contributed by atoms with Crippen molar-refractivity contribution in [3.63, 3.8) is 0 Å². The minimum Gasteiger partial charge on any atom is -0.508 e. The molecular formula is C13H9BrClNO. The van der Waals surface area contributed by atoms with Gasteiger partial charge in [-0.1, -0.05) is 17.7 Å². The maximum Gasteiger partial charge on any atom is 0.115 e. The van der Waals surface area contributed by atoms with Crippen LogP contribution in [0.2, 0.25) is 5.02 Å². The summed E-state index contributed by atoms with van der Waals surface area (Å²) in [6.45, 7) is 0. The molecule has 0 saturated carbocycles. The Kier molecular flexibility index (Phi) is 3.50. The number of phenolic OH excluding ortho intramolecular Hbond substituents is 1. The molecule has 0 bridgehead atoms. The zero-order chi connectivity index (χ0) is 12.4. The number of aromatic hydroxyl groups is 1. The van der Waals surface area contributed by atoms with E-state index < -0.39 is 0 Å². The fourth-order valence-corrected chi connectivity index (χ4v) is 1.87. The van der Waals surface area contributed by atoms with Crippen molar-refractivity contribution in [3.05, 3.63) is 63.1 Å². The van der Waals surface area contributed by atoms with Crippen LogP contribution in [0, 0.1) is 5.41 Å². The predicted molar refractivity (Wildman–Crippen MR) is 73.2 cm³/mol. The molecule has 0 spiro atoms. The second-order valence-corrected chi connectivity index (χ2v) is 4.81. The van der Waals surface area contributed by atoms with Gasteiger partial charge < -0.3 is 5.11 Å². The van der Waals surface area contributed by atoms with E-state index in [2.05, 4.69) is 15.9 Å². The van der Waals surface area contributed by atoms with E-state index in [-0.39, 0.29) is 5.75 Å². The summed E-state index contributed by atoms with van der Waals surface area (Å²) < 4.78 is 0.807. The molecule has 0 aliphatic carbocycles. The Morgan fingerprint density at radius 1 is 1.06 bits per heavy atom. The average Bonchev–Trinajstić information content (AvgIpc) is 2.33. The van der Waals surface area contributed by atoms with Gasteiger partial charge in [0.2, 0.25) is 0 Å². The molecule has 0 unspecified atom stereocenters.